The molecular formula is C21H22ClN3O3S3. The number of benzene rings is 2. The van der Waals surface area contributed by atoms with Gasteiger partial charge < -0.3 is 5.32 Å². The average molecular weight is 496 g/mol. The number of carbonyl (C=O) groups excluding carboxylic acids is 1. The summed E-state index contributed by atoms with van der Waals surface area (Å²) in [5, 5.41) is 3.41. The van der Waals surface area contributed by atoms with E-state index in [1.165, 1.54) is 27.4 Å². The smallest absolute Gasteiger partial charge is 0.245 e. The number of thiazole rings is 1. The number of aromatic nitrogens is 1. The minimum atomic E-state index is -3.66. The number of aryl methyl sites for hydroxylation is 1. The van der Waals surface area contributed by atoms with E-state index < -0.39 is 10.0 Å². The van der Waals surface area contributed by atoms with Crippen molar-refractivity contribution in [2.45, 2.75) is 35.4 Å². The number of hydrogen-bond acceptors (Lipinski definition) is 6. The number of rotatable bonds is 6. The summed E-state index contributed by atoms with van der Waals surface area (Å²) in [4.78, 5) is 17.3. The quantitative estimate of drug-likeness (QED) is 0.477. The van der Waals surface area contributed by atoms with Gasteiger partial charge in [-0.2, -0.15) is 4.31 Å². The fraction of sp³-hybridized carbons (Fsp3) is 0.333. The highest BCUT2D eigenvalue weighted by atomic mass is 35.5. The number of thioether (sulfide) groups is 1. The first-order valence-corrected chi connectivity index (χ1v) is 13.5. The Hall–Kier alpha value is -1.65. The van der Waals surface area contributed by atoms with Gasteiger partial charge in [0.1, 0.15) is 4.90 Å². The molecule has 1 fully saturated rings. The van der Waals surface area contributed by atoms with E-state index in [4.69, 9.17) is 11.6 Å². The van der Waals surface area contributed by atoms with E-state index in [9.17, 15) is 13.2 Å². The molecule has 0 bridgehead atoms. The molecule has 0 atom stereocenters. The van der Waals surface area contributed by atoms with Gasteiger partial charge >= 0.3 is 0 Å². The summed E-state index contributed by atoms with van der Waals surface area (Å²) in [6.07, 6.45) is 2.76. The van der Waals surface area contributed by atoms with Crippen molar-refractivity contribution in [1.29, 1.82) is 0 Å². The summed E-state index contributed by atoms with van der Waals surface area (Å²) in [6, 6.07) is 10.6. The van der Waals surface area contributed by atoms with Crippen LogP contribution in [0.1, 0.15) is 24.8 Å². The lowest BCUT2D eigenvalue weighted by atomic mass is 10.2. The van der Waals surface area contributed by atoms with Crippen LogP contribution in [0.15, 0.2) is 45.6 Å². The molecule has 0 aliphatic carbocycles. The van der Waals surface area contributed by atoms with Crippen molar-refractivity contribution in [3.63, 3.8) is 0 Å². The normalized spacial score (nSPS) is 15.3. The number of anilines is 1. The van der Waals surface area contributed by atoms with E-state index in [1.54, 1.807) is 24.3 Å². The zero-order chi connectivity index (χ0) is 22.0. The van der Waals surface area contributed by atoms with Gasteiger partial charge in [0.05, 0.1) is 21.7 Å². The van der Waals surface area contributed by atoms with Gasteiger partial charge in [-0.3, -0.25) is 4.79 Å². The molecule has 1 aromatic heterocycles. The van der Waals surface area contributed by atoms with Crippen molar-refractivity contribution >= 4 is 66.5 Å². The van der Waals surface area contributed by atoms with Gasteiger partial charge in [-0.1, -0.05) is 35.9 Å². The molecule has 0 saturated carbocycles. The molecule has 1 amide bonds. The molecule has 1 N–H and O–H groups in total. The third kappa shape index (κ3) is 5.23. The monoisotopic (exact) mass is 495 g/mol. The summed E-state index contributed by atoms with van der Waals surface area (Å²) in [6.45, 7) is 2.87. The van der Waals surface area contributed by atoms with Crippen LogP contribution >= 0.6 is 34.7 Å². The van der Waals surface area contributed by atoms with E-state index in [0.29, 0.717) is 23.8 Å². The predicted octanol–water partition coefficient (Wildman–Crippen LogP) is 5.16. The Morgan fingerprint density at radius 1 is 1.19 bits per heavy atom. The van der Waals surface area contributed by atoms with Crippen molar-refractivity contribution < 1.29 is 13.2 Å². The van der Waals surface area contributed by atoms with Gasteiger partial charge in [0, 0.05) is 18.1 Å². The summed E-state index contributed by atoms with van der Waals surface area (Å²) in [5.41, 5.74) is 1.95. The lowest BCUT2D eigenvalue weighted by Crippen LogP contribution is -2.36. The highest BCUT2D eigenvalue weighted by Crippen LogP contribution is 2.32. The minimum absolute atomic E-state index is 0.130. The van der Waals surface area contributed by atoms with Gasteiger partial charge in [-0.05, 0) is 55.7 Å². The first-order valence-electron chi connectivity index (χ1n) is 9.92. The van der Waals surface area contributed by atoms with E-state index in [1.807, 2.05) is 19.1 Å². The molecule has 1 aliphatic rings. The molecule has 0 unspecified atom stereocenters. The summed E-state index contributed by atoms with van der Waals surface area (Å²) < 4.78 is 29.7. The number of nitrogens with zero attached hydrogens (tertiary/aromatic N) is 2. The van der Waals surface area contributed by atoms with E-state index in [2.05, 4.69) is 10.3 Å². The Bertz CT molecular complexity index is 1220. The summed E-state index contributed by atoms with van der Waals surface area (Å²) >= 11 is 8.82. The maximum atomic E-state index is 13.2. The molecule has 31 heavy (non-hydrogen) atoms. The maximum absolute atomic E-state index is 13.2. The highest BCUT2D eigenvalue weighted by Gasteiger charge is 2.29. The molecule has 164 valence electrons. The summed E-state index contributed by atoms with van der Waals surface area (Å²) in [5.74, 6) is -0.147. The number of sulfonamides is 1. The Morgan fingerprint density at radius 2 is 1.97 bits per heavy atom. The first-order chi connectivity index (χ1) is 14.8. The molecule has 4 rings (SSSR count). The van der Waals surface area contributed by atoms with Crippen LogP contribution in [0.3, 0.4) is 0 Å². The van der Waals surface area contributed by atoms with E-state index in [-0.39, 0.29) is 16.6 Å². The third-order valence-electron chi connectivity index (χ3n) is 5.00. The fourth-order valence-electron chi connectivity index (χ4n) is 3.45. The third-order valence-corrected chi connectivity index (χ3v) is 9.35. The average Bonchev–Trinajstić information content (AvgIpc) is 3.16. The Balaban J connectivity index is 1.48. The van der Waals surface area contributed by atoms with Crippen LogP contribution in [-0.2, 0) is 14.8 Å². The second kappa shape index (κ2) is 9.46. The van der Waals surface area contributed by atoms with Crippen LogP contribution in [0.25, 0.3) is 10.2 Å². The lowest BCUT2D eigenvalue weighted by Gasteiger charge is -2.27. The molecule has 0 radical (unpaired) electrons. The summed E-state index contributed by atoms with van der Waals surface area (Å²) in [7, 11) is -3.66. The topological polar surface area (TPSA) is 79.4 Å². The maximum Gasteiger partial charge on any atom is 0.245 e. The predicted molar refractivity (Wildman–Crippen MR) is 128 cm³/mol. The highest BCUT2D eigenvalue weighted by molar-refractivity contribution is 8.01. The van der Waals surface area contributed by atoms with Gasteiger partial charge in [0.2, 0.25) is 15.9 Å². The van der Waals surface area contributed by atoms with Crippen LogP contribution in [0.2, 0.25) is 5.02 Å². The number of amides is 1. The molecule has 6 nitrogen and oxygen atoms in total. The number of carbonyl (C=O) groups is 1. The van der Waals surface area contributed by atoms with E-state index >= 15 is 0 Å². The standard InChI is InChI=1S/C21H22ClN3O3S3/c1-14-5-7-16(19(11-14)31(27,28)25-9-3-2-4-10-25)23-20(26)13-29-21-24-17-12-15(22)6-8-18(17)30-21/h5-8,11-12H,2-4,9-10,13H2,1H3,(H,23,26). The number of hydrogen-bond donors (Lipinski definition) is 1. The van der Waals surface area contributed by atoms with Gasteiger partial charge in [0.25, 0.3) is 0 Å². The molecule has 3 aromatic rings. The largest absolute Gasteiger partial charge is 0.324 e. The molecule has 2 heterocycles. The Labute approximate surface area is 195 Å². The molecular weight excluding hydrogens is 474 g/mol. The molecule has 0 spiro atoms. The minimum Gasteiger partial charge on any atom is -0.324 e. The second-order valence-corrected chi connectivity index (χ2v) is 12.0. The van der Waals surface area contributed by atoms with Crippen LogP contribution in [0.5, 0.6) is 0 Å². The molecule has 2 aromatic carbocycles. The van der Waals surface area contributed by atoms with Gasteiger partial charge in [-0.25, -0.2) is 13.4 Å². The van der Waals surface area contributed by atoms with Gasteiger partial charge in [0.15, 0.2) is 4.34 Å². The van der Waals surface area contributed by atoms with Crippen LogP contribution in [-0.4, -0.2) is 42.5 Å². The zero-order valence-corrected chi connectivity index (χ0v) is 20.1. The second-order valence-electron chi connectivity index (χ2n) is 7.39. The number of fused-ring (bicyclic) bond motifs is 1. The fourth-order valence-corrected chi connectivity index (χ4v) is 7.21. The van der Waals surface area contributed by atoms with Crippen LogP contribution < -0.4 is 5.32 Å². The van der Waals surface area contributed by atoms with Crippen molar-refractivity contribution in [2.75, 3.05) is 24.2 Å². The number of nitrogens with one attached hydrogen (secondary N) is 1. The Kier molecular flexibility index (Phi) is 6.88. The van der Waals surface area contributed by atoms with Crippen LogP contribution in [0.4, 0.5) is 5.69 Å². The van der Waals surface area contributed by atoms with Crippen molar-refractivity contribution in [2.24, 2.45) is 0 Å². The van der Waals surface area contributed by atoms with Gasteiger partial charge in [-0.15, -0.1) is 11.3 Å². The zero-order valence-electron chi connectivity index (χ0n) is 16.9. The first kappa shape index (κ1) is 22.5. The molecule has 1 aliphatic heterocycles. The molecule has 10 heteroatoms. The van der Waals surface area contributed by atoms with Crippen molar-refractivity contribution in [3.8, 4) is 0 Å². The van der Waals surface area contributed by atoms with Crippen LogP contribution in [0, 0.1) is 6.92 Å². The SMILES string of the molecule is Cc1ccc(NC(=O)CSc2nc3cc(Cl)ccc3s2)c(S(=O)(=O)N2CCCCC2)c1. The van der Waals surface area contributed by atoms with Crippen molar-refractivity contribution in [1.82, 2.24) is 9.29 Å². The Morgan fingerprint density at radius 3 is 2.74 bits per heavy atom. The lowest BCUT2D eigenvalue weighted by molar-refractivity contribution is -0.113. The van der Waals surface area contributed by atoms with Crippen molar-refractivity contribution in [3.05, 3.63) is 47.0 Å². The molecule has 1 saturated heterocycles. The van der Waals surface area contributed by atoms with E-state index in [0.717, 1.165) is 39.4 Å². The number of halogens is 1. The number of piperidine rings is 1.